The molecule has 1 spiro atoms. The molecule has 3 heterocycles. The maximum atomic E-state index is 13.4. The lowest BCUT2D eigenvalue weighted by Crippen LogP contribution is -2.47. The van der Waals surface area contributed by atoms with E-state index < -0.39 is 17.3 Å². The summed E-state index contributed by atoms with van der Waals surface area (Å²) in [4.78, 5) is 20.4. The molecule has 1 aromatic carbocycles. The van der Waals surface area contributed by atoms with Crippen LogP contribution in [-0.4, -0.2) is 53.7 Å². The predicted octanol–water partition coefficient (Wildman–Crippen LogP) is 3.32. The largest absolute Gasteiger partial charge is 0.417 e. The number of hydrogen-bond donors (Lipinski definition) is 1. The third-order valence-electron chi connectivity index (χ3n) is 6.76. The number of halogens is 3. The number of hydrogen-bond acceptors (Lipinski definition) is 5. The van der Waals surface area contributed by atoms with Crippen LogP contribution in [0, 0.1) is 22.7 Å². The normalized spacial score (nSPS) is 20.4. The van der Waals surface area contributed by atoms with Crippen LogP contribution in [-0.2, 0) is 6.18 Å². The van der Waals surface area contributed by atoms with E-state index in [9.17, 15) is 23.1 Å². The minimum atomic E-state index is -4.62. The molecule has 1 N–H and O–H groups in total. The molecule has 1 unspecified atom stereocenters. The summed E-state index contributed by atoms with van der Waals surface area (Å²) in [6.45, 7) is 1.84. The van der Waals surface area contributed by atoms with Crippen LogP contribution in [0.4, 0.5) is 18.9 Å². The third-order valence-corrected chi connectivity index (χ3v) is 6.76. The molecule has 1 amide bonds. The fraction of sp³-hybridized carbons (Fsp3) is 0.435. The molecule has 0 saturated carbocycles. The number of likely N-dealkylation sites (tertiary alicyclic amines) is 1. The first-order valence-electron chi connectivity index (χ1n) is 10.4. The number of anilines is 1. The van der Waals surface area contributed by atoms with Crippen LogP contribution < -0.4 is 4.90 Å². The van der Waals surface area contributed by atoms with E-state index in [0.717, 1.165) is 6.07 Å². The van der Waals surface area contributed by atoms with Crippen molar-refractivity contribution in [1.82, 2.24) is 9.88 Å². The fourth-order valence-corrected chi connectivity index (χ4v) is 4.92. The summed E-state index contributed by atoms with van der Waals surface area (Å²) in [6, 6.07) is 10.5. The SMILES string of the molecule is N#Cc1ccc(N2CC(CO)C3(CCN(C(=O)c4ccccn4)CC3)C2)cc1C(F)(F)F. The molecule has 0 aliphatic carbocycles. The Hall–Kier alpha value is -3.12. The van der Waals surface area contributed by atoms with Crippen molar-refractivity contribution in [3.05, 3.63) is 59.4 Å². The van der Waals surface area contributed by atoms with E-state index in [1.807, 2.05) is 4.90 Å². The topological polar surface area (TPSA) is 80.5 Å². The molecule has 2 aromatic rings. The van der Waals surface area contributed by atoms with Gasteiger partial charge in [0.2, 0.25) is 0 Å². The van der Waals surface area contributed by atoms with Crippen molar-refractivity contribution >= 4 is 11.6 Å². The van der Waals surface area contributed by atoms with Crippen LogP contribution >= 0.6 is 0 Å². The zero-order chi connectivity index (χ0) is 22.9. The summed E-state index contributed by atoms with van der Waals surface area (Å²) >= 11 is 0. The maximum Gasteiger partial charge on any atom is 0.417 e. The molecule has 9 heteroatoms. The molecule has 4 rings (SSSR count). The Kier molecular flexibility index (Phi) is 5.82. The Morgan fingerprint density at radius 1 is 1.25 bits per heavy atom. The third kappa shape index (κ3) is 4.02. The highest BCUT2D eigenvalue weighted by atomic mass is 19.4. The Morgan fingerprint density at radius 2 is 2.00 bits per heavy atom. The monoisotopic (exact) mass is 444 g/mol. The Labute approximate surface area is 183 Å². The van der Waals surface area contributed by atoms with Crippen molar-refractivity contribution in [2.24, 2.45) is 11.3 Å². The molecule has 2 fully saturated rings. The second-order valence-electron chi connectivity index (χ2n) is 8.47. The van der Waals surface area contributed by atoms with Gasteiger partial charge in [0, 0.05) is 50.6 Å². The van der Waals surface area contributed by atoms with Gasteiger partial charge in [0.25, 0.3) is 5.91 Å². The van der Waals surface area contributed by atoms with Crippen LogP contribution in [0.3, 0.4) is 0 Å². The zero-order valence-corrected chi connectivity index (χ0v) is 17.3. The highest BCUT2D eigenvalue weighted by molar-refractivity contribution is 5.92. The molecular weight excluding hydrogens is 421 g/mol. The predicted molar refractivity (Wildman–Crippen MR) is 111 cm³/mol. The molecular formula is C23H23F3N4O2. The van der Waals surface area contributed by atoms with Gasteiger partial charge in [-0.1, -0.05) is 6.07 Å². The molecule has 1 atom stereocenters. The number of aliphatic hydroxyl groups is 1. The fourth-order valence-electron chi connectivity index (χ4n) is 4.92. The van der Waals surface area contributed by atoms with Crippen LogP contribution in [0.1, 0.15) is 34.5 Å². The highest BCUT2D eigenvalue weighted by Gasteiger charge is 2.48. The smallest absolute Gasteiger partial charge is 0.396 e. The Bertz CT molecular complexity index is 1030. The molecule has 2 saturated heterocycles. The number of rotatable bonds is 3. The standard InChI is InChI=1S/C23H23F3N4O2/c24-23(25,26)19-11-18(5-4-16(19)12-27)30-13-17(14-31)22(15-30)6-9-29(10-7-22)21(32)20-3-1-2-8-28-20/h1-5,8,11,17,31H,6-7,9-10,13-15H2. The molecule has 1 aromatic heterocycles. The van der Waals surface area contributed by atoms with E-state index in [-0.39, 0.29) is 23.8 Å². The average Bonchev–Trinajstić information content (AvgIpc) is 3.16. The quantitative estimate of drug-likeness (QED) is 0.786. The van der Waals surface area contributed by atoms with E-state index in [4.69, 9.17) is 5.26 Å². The summed E-state index contributed by atoms with van der Waals surface area (Å²) in [5.41, 5.74) is -0.877. The summed E-state index contributed by atoms with van der Waals surface area (Å²) in [6.07, 6.45) is -1.75. The lowest BCUT2D eigenvalue weighted by atomic mass is 9.71. The zero-order valence-electron chi connectivity index (χ0n) is 17.3. The number of alkyl halides is 3. The van der Waals surface area contributed by atoms with Crippen molar-refractivity contribution < 1.29 is 23.1 Å². The number of benzene rings is 1. The van der Waals surface area contributed by atoms with Gasteiger partial charge >= 0.3 is 6.18 Å². The number of nitriles is 1. The van der Waals surface area contributed by atoms with Gasteiger partial charge in [0.15, 0.2) is 0 Å². The maximum absolute atomic E-state index is 13.4. The van der Waals surface area contributed by atoms with Crippen LogP contribution in [0.15, 0.2) is 42.6 Å². The van der Waals surface area contributed by atoms with Crippen molar-refractivity contribution in [2.75, 3.05) is 37.7 Å². The minimum Gasteiger partial charge on any atom is -0.396 e. The van der Waals surface area contributed by atoms with Gasteiger partial charge < -0.3 is 14.9 Å². The summed E-state index contributed by atoms with van der Waals surface area (Å²) in [5.74, 6) is -0.252. The van der Waals surface area contributed by atoms with Crippen LogP contribution in [0.25, 0.3) is 0 Å². The molecule has 32 heavy (non-hydrogen) atoms. The molecule has 0 radical (unpaired) electrons. The van der Waals surface area contributed by atoms with Gasteiger partial charge in [0.1, 0.15) is 5.69 Å². The number of aromatic nitrogens is 1. The molecule has 2 aliphatic heterocycles. The van der Waals surface area contributed by atoms with Crippen molar-refractivity contribution in [3.63, 3.8) is 0 Å². The first-order valence-corrected chi connectivity index (χ1v) is 10.4. The Balaban J connectivity index is 1.52. The van der Waals surface area contributed by atoms with Crippen LogP contribution in [0.2, 0.25) is 0 Å². The van der Waals surface area contributed by atoms with E-state index in [1.165, 1.54) is 12.1 Å². The lowest BCUT2D eigenvalue weighted by molar-refractivity contribution is -0.137. The lowest BCUT2D eigenvalue weighted by Gasteiger charge is -2.42. The van der Waals surface area contributed by atoms with Gasteiger partial charge in [-0.05, 0) is 48.6 Å². The van der Waals surface area contributed by atoms with Crippen molar-refractivity contribution in [1.29, 1.82) is 5.26 Å². The second-order valence-corrected chi connectivity index (χ2v) is 8.47. The second kappa shape index (κ2) is 8.43. The van der Waals surface area contributed by atoms with Gasteiger partial charge in [-0.2, -0.15) is 18.4 Å². The number of carbonyl (C=O) groups excluding carboxylic acids is 1. The van der Waals surface area contributed by atoms with E-state index >= 15 is 0 Å². The molecule has 168 valence electrons. The number of amides is 1. The number of nitrogens with zero attached hydrogens (tertiary/aromatic N) is 4. The number of piperidine rings is 1. The minimum absolute atomic E-state index is 0.0763. The highest BCUT2D eigenvalue weighted by Crippen LogP contribution is 2.46. The number of pyridine rings is 1. The van der Waals surface area contributed by atoms with Crippen LogP contribution in [0.5, 0.6) is 0 Å². The van der Waals surface area contributed by atoms with Crippen molar-refractivity contribution in [3.8, 4) is 6.07 Å². The van der Waals surface area contributed by atoms with E-state index in [2.05, 4.69) is 4.98 Å². The first-order chi connectivity index (χ1) is 15.3. The van der Waals surface area contributed by atoms with Crippen molar-refractivity contribution in [2.45, 2.75) is 19.0 Å². The van der Waals surface area contributed by atoms with Gasteiger partial charge in [0.05, 0.1) is 17.2 Å². The number of aliphatic hydroxyl groups excluding tert-OH is 1. The first kappa shape index (κ1) is 22.1. The van der Waals surface area contributed by atoms with Gasteiger partial charge in [-0.15, -0.1) is 0 Å². The number of carbonyl (C=O) groups is 1. The molecule has 6 nitrogen and oxygen atoms in total. The summed E-state index contributed by atoms with van der Waals surface area (Å²) in [7, 11) is 0. The van der Waals surface area contributed by atoms with Gasteiger partial charge in [-0.25, -0.2) is 0 Å². The van der Waals surface area contributed by atoms with E-state index in [1.54, 1.807) is 35.4 Å². The Morgan fingerprint density at radius 3 is 2.59 bits per heavy atom. The molecule has 0 bridgehead atoms. The molecule has 2 aliphatic rings. The van der Waals surface area contributed by atoms with E-state index in [0.29, 0.717) is 50.4 Å². The average molecular weight is 444 g/mol. The summed E-state index contributed by atoms with van der Waals surface area (Å²) < 4.78 is 40.2. The van der Waals surface area contributed by atoms with Gasteiger partial charge in [-0.3, -0.25) is 9.78 Å². The summed E-state index contributed by atoms with van der Waals surface area (Å²) in [5, 5.41) is 19.1.